The van der Waals surface area contributed by atoms with Crippen molar-refractivity contribution in [3.05, 3.63) is 45.8 Å². The maximum atomic E-state index is 13.0. The van der Waals surface area contributed by atoms with Gasteiger partial charge in [-0.15, -0.1) is 0 Å². The fraction of sp³-hybridized carbons (Fsp3) is 0.609. The number of nitro groups is 1. The van der Waals surface area contributed by atoms with Crippen LogP contribution in [0.4, 0.5) is 4.39 Å². The molecule has 0 aliphatic heterocycles. The third kappa shape index (κ3) is 13.7. The molecule has 0 saturated carbocycles. The van der Waals surface area contributed by atoms with Crippen molar-refractivity contribution >= 4 is 24.8 Å². The Bertz CT molecular complexity index is 869. The van der Waals surface area contributed by atoms with Crippen LogP contribution in [-0.4, -0.2) is 52.3 Å². The molecule has 6 N–H and O–H groups in total. The molecule has 2 atom stereocenters. The van der Waals surface area contributed by atoms with Crippen molar-refractivity contribution in [3.8, 4) is 0 Å². The minimum Gasteiger partial charge on any atom is -0.426 e. The van der Waals surface area contributed by atoms with Crippen molar-refractivity contribution < 1.29 is 29.1 Å². The van der Waals surface area contributed by atoms with E-state index in [0.29, 0.717) is 25.7 Å². The highest BCUT2D eigenvalue weighted by Crippen LogP contribution is 2.17. The molecule has 200 valence electrons. The zero-order valence-electron chi connectivity index (χ0n) is 20.9. The molecule has 0 aromatic heterocycles. The van der Waals surface area contributed by atoms with E-state index in [4.69, 9.17) is 5.73 Å². The molecular weight excluding hydrogens is 472 g/mol. The summed E-state index contributed by atoms with van der Waals surface area (Å²) < 4.78 is 13.0. The number of hydrazine groups is 1. The van der Waals surface area contributed by atoms with Crippen LogP contribution in [0.2, 0.25) is 0 Å². The zero-order valence-corrected chi connectivity index (χ0v) is 20.9. The molecule has 0 spiro atoms. The minimum atomic E-state index is -1.74. The van der Waals surface area contributed by atoms with Crippen molar-refractivity contribution in [1.29, 1.82) is 0 Å². The summed E-state index contributed by atoms with van der Waals surface area (Å²) in [6.07, 6.45) is 3.26. The number of rotatable bonds is 17. The smallest absolute Gasteiger partial charge is 0.426 e. The molecule has 1 aromatic carbocycles. The zero-order chi connectivity index (χ0) is 27.1. The molecular formula is C23H37BFN5O6. The van der Waals surface area contributed by atoms with Gasteiger partial charge < -0.3 is 21.1 Å². The lowest BCUT2D eigenvalue weighted by Crippen LogP contribution is -2.49. The van der Waals surface area contributed by atoms with Gasteiger partial charge >= 0.3 is 7.12 Å². The van der Waals surface area contributed by atoms with Gasteiger partial charge in [-0.1, -0.05) is 31.4 Å². The third-order valence-corrected chi connectivity index (χ3v) is 5.54. The number of benzene rings is 1. The van der Waals surface area contributed by atoms with Crippen LogP contribution in [0.25, 0.3) is 0 Å². The Kier molecular flexibility index (Phi) is 14.3. The molecule has 13 heteroatoms. The van der Waals surface area contributed by atoms with Crippen LogP contribution < -0.4 is 16.5 Å². The molecule has 1 amide bonds. The monoisotopic (exact) mass is 509 g/mol. The van der Waals surface area contributed by atoms with Crippen LogP contribution in [0, 0.1) is 27.8 Å². The average molecular weight is 509 g/mol. The van der Waals surface area contributed by atoms with E-state index >= 15 is 0 Å². The fourth-order valence-electron chi connectivity index (χ4n) is 3.73. The highest BCUT2D eigenvalue weighted by Gasteiger charge is 2.29. The van der Waals surface area contributed by atoms with Crippen LogP contribution in [0.1, 0.15) is 64.4 Å². The van der Waals surface area contributed by atoms with Crippen molar-refractivity contribution in [1.82, 2.24) is 10.7 Å². The first-order chi connectivity index (χ1) is 17.0. The number of Topliss-reactive ketones (excluding diaryl/α,β-unsaturated/α-hetero) is 1. The molecule has 0 bridgehead atoms. The summed E-state index contributed by atoms with van der Waals surface area (Å²) in [5.74, 6) is -2.72. The van der Waals surface area contributed by atoms with E-state index in [2.05, 4.69) is 10.3 Å². The van der Waals surface area contributed by atoms with E-state index in [-0.39, 0.29) is 49.3 Å². The molecule has 0 saturated heterocycles. The van der Waals surface area contributed by atoms with Gasteiger partial charge in [-0.25, -0.2) is 19.5 Å². The van der Waals surface area contributed by atoms with Gasteiger partial charge in [0.15, 0.2) is 5.03 Å². The Morgan fingerprint density at radius 2 is 1.86 bits per heavy atom. The van der Waals surface area contributed by atoms with Gasteiger partial charge in [0.05, 0.1) is 5.94 Å². The number of halogens is 1. The first-order valence-corrected chi connectivity index (χ1v) is 12.1. The Balaban J connectivity index is 2.67. The van der Waals surface area contributed by atoms with E-state index in [0.717, 1.165) is 12.0 Å². The van der Waals surface area contributed by atoms with E-state index in [1.165, 1.54) is 12.1 Å². The molecule has 0 radical (unpaired) electrons. The normalized spacial score (nSPS) is 13.2. The SMILES string of the molecule is CC(C)C[C@H](NC(=O)[C@H](CCCN=C(N)N[N+](=O)[O-])CC(=O)CCCCc1ccc(F)cc1)B(O)O. The first-order valence-electron chi connectivity index (χ1n) is 12.1. The van der Waals surface area contributed by atoms with Crippen LogP contribution in [0.15, 0.2) is 29.3 Å². The number of ketones is 1. The van der Waals surface area contributed by atoms with E-state index in [1.54, 1.807) is 17.6 Å². The number of unbranched alkanes of at least 4 members (excludes halogenated alkanes) is 1. The maximum Gasteiger partial charge on any atom is 0.475 e. The predicted octanol–water partition coefficient (Wildman–Crippen LogP) is 1.53. The number of carbonyl (C=O) groups excluding carboxylic acids is 2. The summed E-state index contributed by atoms with van der Waals surface area (Å²) >= 11 is 0. The molecule has 1 aromatic rings. The number of nitrogens with one attached hydrogen (secondary N) is 2. The lowest BCUT2D eigenvalue weighted by atomic mass is 9.74. The van der Waals surface area contributed by atoms with Gasteiger partial charge in [0.1, 0.15) is 11.6 Å². The van der Waals surface area contributed by atoms with Gasteiger partial charge in [-0.05, 0) is 62.1 Å². The summed E-state index contributed by atoms with van der Waals surface area (Å²) in [5.41, 5.74) is 8.09. The summed E-state index contributed by atoms with van der Waals surface area (Å²) in [5, 5.41) is 31.5. The van der Waals surface area contributed by atoms with E-state index in [1.807, 2.05) is 13.8 Å². The summed E-state index contributed by atoms with van der Waals surface area (Å²) in [6, 6.07) is 6.20. The van der Waals surface area contributed by atoms with Crippen molar-refractivity contribution in [2.24, 2.45) is 22.6 Å². The number of aryl methyl sites for hydroxylation is 1. The molecule has 11 nitrogen and oxygen atoms in total. The second-order valence-electron chi connectivity index (χ2n) is 9.21. The second-order valence-corrected chi connectivity index (χ2v) is 9.21. The predicted molar refractivity (Wildman–Crippen MR) is 134 cm³/mol. The van der Waals surface area contributed by atoms with Crippen molar-refractivity contribution in [2.75, 3.05) is 6.54 Å². The molecule has 0 aliphatic carbocycles. The van der Waals surface area contributed by atoms with Gasteiger partial charge in [0, 0.05) is 25.3 Å². The topological polar surface area (TPSA) is 180 Å². The lowest BCUT2D eigenvalue weighted by Gasteiger charge is -2.23. The number of hydrogen-bond donors (Lipinski definition) is 5. The summed E-state index contributed by atoms with van der Waals surface area (Å²) in [4.78, 5) is 39.7. The first kappa shape index (κ1) is 31.0. The highest BCUT2D eigenvalue weighted by atomic mass is 19.1. The second kappa shape index (κ2) is 16.6. The number of aliphatic imine (C=N–C) groups is 1. The molecule has 0 unspecified atom stereocenters. The van der Waals surface area contributed by atoms with Crippen LogP contribution in [0.5, 0.6) is 0 Å². The quantitative estimate of drug-likeness (QED) is 0.0524. The van der Waals surface area contributed by atoms with Crippen LogP contribution in [0.3, 0.4) is 0 Å². The Morgan fingerprint density at radius 1 is 1.19 bits per heavy atom. The van der Waals surface area contributed by atoms with Gasteiger partial charge in [0.25, 0.3) is 5.96 Å². The van der Waals surface area contributed by atoms with Gasteiger partial charge in [0.2, 0.25) is 5.91 Å². The van der Waals surface area contributed by atoms with Crippen molar-refractivity contribution in [2.45, 2.75) is 71.2 Å². The van der Waals surface area contributed by atoms with Gasteiger partial charge in [-0.2, -0.15) is 0 Å². The molecule has 1 rings (SSSR count). The molecule has 0 fully saturated rings. The van der Waals surface area contributed by atoms with Crippen molar-refractivity contribution in [3.63, 3.8) is 0 Å². The molecule has 0 heterocycles. The maximum absolute atomic E-state index is 13.0. The number of nitrogens with two attached hydrogens (primary N) is 1. The van der Waals surface area contributed by atoms with Crippen LogP contribution in [-0.2, 0) is 16.0 Å². The molecule has 0 aliphatic rings. The minimum absolute atomic E-state index is 0.0232. The number of nitrogens with zero attached hydrogens (tertiary/aromatic N) is 2. The Hall–Kier alpha value is -3.06. The van der Waals surface area contributed by atoms with Crippen LogP contribution >= 0.6 is 0 Å². The van der Waals surface area contributed by atoms with E-state index in [9.17, 15) is 34.1 Å². The number of guanidine groups is 1. The number of amides is 1. The Labute approximate surface area is 211 Å². The third-order valence-electron chi connectivity index (χ3n) is 5.54. The van der Waals surface area contributed by atoms with Gasteiger partial charge in [-0.3, -0.25) is 9.59 Å². The fourth-order valence-corrected chi connectivity index (χ4v) is 3.73. The number of carbonyl (C=O) groups is 2. The largest absolute Gasteiger partial charge is 0.475 e. The molecule has 36 heavy (non-hydrogen) atoms. The average Bonchev–Trinajstić information content (AvgIpc) is 2.78. The summed E-state index contributed by atoms with van der Waals surface area (Å²) in [7, 11) is -1.74. The lowest BCUT2D eigenvalue weighted by molar-refractivity contribution is -0.525. The van der Waals surface area contributed by atoms with E-state index < -0.39 is 29.9 Å². The highest BCUT2D eigenvalue weighted by molar-refractivity contribution is 6.43. The standard InChI is InChI=1S/C23H37BFN5O6/c1-16(2)14-21(24(33)34)28-22(32)18(7-5-13-27-23(26)29-30(35)36)15-20(31)8-4-3-6-17-9-11-19(25)12-10-17/h9-12,16,18,21,33-34H,3-8,13-15H2,1-2H3,(H,28,32)(H3,26,27,29)/t18-,21+/m1/s1. The summed E-state index contributed by atoms with van der Waals surface area (Å²) in [6.45, 7) is 3.88. The Morgan fingerprint density at radius 3 is 2.44 bits per heavy atom. The number of hydrogen-bond acceptors (Lipinski definition) is 7.